The molecule has 0 amide bonds. The fourth-order valence-corrected chi connectivity index (χ4v) is 2.95. The van der Waals surface area contributed by atoms with Crippen LogP contribution in [0.25, 0.3) is 0 Å². The van der Waals surface area contributed by atoms with Crippen molar-refractivity contribution in [2.45, 2.75) is 19.5 Å². The number of nitro groups is 1. The van der Waals surface area contributed by atoms with Crippen LogP contribution < -0.4 is 4.90 Å². The summed E-state index contributed by atoms with van der Waals surface area (Å²) < 4.78 is 5.24. The predicted molar refractivity (Wildman–Crippen MR) is 83.9 cm³/mol. The van der Waals surface area contributed by atoms with E-state index in [4.69, 9.17) is 4.42 Å². The molecule has 6 heteroatoms. The van der Waals surface area contributed by atoms with Gasteiger partial charge in [-0.15, -0.1) is 0 Å². The Bertz CT molecular complexity index is 641. The average molecular weight is 301 g/mol. The minimum atomic E-state index is -0.501. The van der Waals surface area contributed by atoms with Crippen molar-refractivity contribution in [3.63, 3.8) is 0 Å². The van der Waals surface area contributed by atoms with Crippen LogP contribution >= 0.6 is 0 Å². The minimum absolute atomic E-state index is 0.189. The SMILES string of the molecule is CC1CN(Cc2ccc([N+](=O)[O-])o2)CCN1c1ccccc1. The van der Waals surface area contributed by atoms with Gasteiger partial charge in [0, 0.05) is 31.4 Å². The molecular formula is C16H19N3O3. The first kappa shape index (κ1) is 14.6. The molecule has 22 heavy (non-hydrogen) atoms. The van der Waals surface area contributed by atoms with Crippen LogP contribution in [0.5, 0.6) is 0 Å². The zero-order valence-electron chi connectivity index (χ0n) is 12.5. The molecule has 0 aliphatic carbocycles. The third kappa shape index (κ3) is 3.12. The molecule has 0 saturated carbocycles. The van der Waals surface area contributed by atoms with Gasteiger partial charge in [-0.05, 0) is 25.1 Å². The van der Waals surface area contributed by atoms with Crippen LogP contribution in [0.4, 0.5) is 11.6 Å². The number of nitrogens with zero attached hydrogens (tertiary/aromatic N) is 3. The van der Waals surface area contributed by atoms with Crippen molar-refractivity contribution in [3.8, 4) is 0 Å². The van der Waals surface area contributed by atoms with Crippen LogP contribution in [0.15, 0.2) is 46.9 Å². The molecule has 2 aromatic rings. The highest BCUT2D eigenvalue weighted by molar-refractivity contribution is 5.47. The molecule has 0 N–H and O–H groups in total. The Morgan fingerprint density at radius 1 is 1.23 bits per heavy atom. The van der Waals surface area contributed by atoms with Gasteiger partial charge < -0.3 is 9.32 Å². The number of para-hydroxylation sites is 1. The third-order valence-electron chi connectivity index (χ3n) is 4.01. The Hall–Kier alpha value is -2.34. The van der Waals surface area contributed by atoms with E-state index in [9.17, 15) is 10.1 Å². The summed E-state index contributed by atoms with van der Waals surface area (Å²) in [5.41, 5.74) is 1.24. The van der Waals surface area contributed by atoms with Gasteiger partial charge in [0.1, 0.15) is 10.7 Å². The van der Waals surface area contributed by atoms with Gasteiger partial charge in [-0.1, -0.05) is 18.2 Å². The first-order valence-corrected chi connectivity index (χ1v) is 7.40. The van der Waals surface area contributed by atoms with Crippen LogP contribution in [0, 0.1) is 10.1 Å². The lowest BCUT2D eigenvalue weighted by atomic mass is 10.1. The summed E-state index contributed by atoms with van der Waals surface area (Å²) in [5, 5.41) is 10.6. The third-order valence-corrected chi connectivity index (χ3v) is 4.01. The van der Waals surface area contributed by atoms with Crippen LogP contribution in [0.3, 0.4) is 0 Å². The standard InChI is InChI=1S/C16H19N3O3/c1-13-11-17(12-15-7-8-16(22-15)19(20)21)9-10-18(13)14-5-3-2-4-6-14/h2-8,13H,9-12H2,1H3. The number of furan rings is 1. The quantitative estimate of drug-likeness (QED) is 0.642. The van der Waals surface area contributed by atoms with E-state index in [2.05, 4.69) is 41.0 Å². The maximum Gasteiger partial charge on any atom is 0.433 e. The van der Waals surface area contributed by atoms with Gasteiger partial charge in [-0.2, -0.15) is 0 Å². The van der Waals surface area contributed by atoms with E-state index in [0.29, 0.717) is 18.3 Å². The molecule has 6 nitrogen and oxygen atoms in total. The summed E-state index contributed by atoms with van der Waals surface area (Å²) in [7, 11) is 0. The second-order valence-electron chi connectivity index (χ2n) is 5.61. The Kier molecular flexibility index (Phi) is 4.11. The van der Waals surface area contributed by atoms with Crippen molar-refractivity contribution in [3.05, 3.63) is 58.3 Å². The van der Waals surface area contributed by atoms with Crippen LogP contribution in [0.1, 0.15) is 12.7 Å². The van der Waals surface area contributed by atoms with Gasteiger partial charge in [-0.3, -0.25) is 15.0 Å². The topological polar surface area (TPSA) is 62.8 Å². The zero-order valence-corrected chi connectivity index (χ0v) is 12.5. The second kappa shape index (κ2) is 6.19. The van der Waals surface area contributed by atoms with Crippen molar-refractivity contribution in [1.82, 2.24) is 4.90 Å². The molecule has 3 rings (SSSR count). The summed E-state index contributed by atoms with van der Waals surface area (Å²) in [4.78, 5) is 14.8. The fourth-order valence-electron chi connectivity index (χ4n) is 2.95. The van der Waals surface area contributed by atoms with Crippen molar-refractivity contribution in [1.29, 1.82) is 0 Å². The van der Waals surface area contributed by atoms with Crippen LogP contribution in [0.2, 0.25) is 0 Å². The van der Waals surface area contributed by atoms with Crippen molar-refractivity contribution < 1.29 is 9.34 Å². The Labute approximate surface area is 129 Å². The summed E-state index contributed by atoms with van der Waals surface area (Å²) in [5.74, 6) is 0.457. The molecule has 0 bridgehead atoms. The Morgan fingerprint density at radius 3 is 2.64 bits per heavy atom. The van der Waals surface area contributed by atoms with E-state index in [-0.39, 0.29) is 5.88 Å². The summed E-state index contributed by atoms with van der Waals surface area (Å²) in [6, 6.07) is 13.9. The highest BCUT2D eigenvalue weighted by atomic mass is 16.6. The van der Waals surface area contributed by atoms with Gasteiger partial charge in [0.25, 0.3) is 0 Å². The van der Waals surface area contributed by atoms with E-state index in [1.807, 2.05) is 6.07 Å². The largest absolute Gasteiger partial charge is 0.433 e. The molecule has 1 aromatic carbocycles. The average Bonchev–Trinajstić information content (AvgIpc) is 2.97. The summed E-state index contributed by atoms with van der Waals surface area (Å²) in [6.45, 7) is 5.57. The van der Waals surface area contributed by atoms with Gasteiger partial charge in [0.15, 0.2) is 0 Å². The van der Waals surface area contributed by atoms with Gasteiger partial charge in [-0.25, -0.2) is 0 Å². The Balaban J connectivity index is 1.61. The molecule has 0 spiro atoms. The second-order valence-corrected chi connectivity index (χ2v) is 5.61. The number of benzene rings is 1. The maximum atomic E-state index is 10.6. The van der Waals surface area contributed by atoms with E-state index < -0.39 is 4.92 Å². The van der Waals surface area contributed by atoms with Crippen LogP contribution in [-0.2, 0) is 6.54 Å². The lowest BCUT2D eigenvalue weighted by molar-refractivity contribution is -0.402. The normalized spacial score (nSPS) is 19.3. The number of piperazine rings is 1. The van der Waals surface area contributed by atoms with E-state index in [0.717, 1.165) is 19.6 Å². The van der Waals surface area contributed by atoms with Crippen molar-refractivity contribution in [2.24, 2.45) is 0 Å². The summed E-state index contributed by atoms with van der Waals surface area (Å²) >= 11 is 0. The zero-order chi connectivity index (χ0) is 15.5. The number of anilines is 1. The van der Waals surface area contributed by atoms with Crippen molar-refractivity contribution >= 4 is 11.6 Å². The van der Waals surface area contributed by atoms with Gasteiger partial charge in [0.05, 0.1) is 12.6 Å². The van der Waals surface area contributed by atoms with Gasteiger partial charge >= 0.3 is 5.88 Å². The van der Waals surface area contributed by atoms with Gasteiger partial charge in [0.2, 0.25) is 0 Å². The highest BCUT2D eigenvalue weighted by Gasteiger charge is 2.25. The molecular weight excluding hydrogens is 282 g/mol. The molecule has 116 valence electrons. The number of rotatable bonds is 4. The molecule has 1 aliphatic rings. The Morgan fingerprint density at radius 2 is 2.00 bits per heavy atom. The lowest BCUT2D eigenvalue weighted by Gasteiger charge is -2.41. The molecule has 1 aromatic heterocycles. The first-order valence-electron chi connectivity index (χ1n) is 7.40. The number of hydrogen-bond donors (Lipinski definition) is 0. The molecule has 1 saturated heterocycles. The summed E-state index contributed by atoms with van der Waals surface area (Å²) in [6.07, 6.45) is 0. The molecule has 1 atom stereocenters. The molecule has 0 radical (unpaired) electrons. The molecule has 1 fully saturated rings. The monoisotopic (exact) mass is 301 g/mol. The number of hydrogen-bond acceptors (Lipinski definition) is 5. The minimum Gasteiger partial charge on any atom is -0.404 e. The lowest BCUT2D eigenvalue weighted by Crippen LogP contribution is -2.51. The van der Waals surface area contributed by atoms with E-state index in [1.54, 1.807) is 6.07 Å². The molecule has 1 aliphatic heterocycles. The van der Waals surface area contributed by atoms with Crippen molar-refractivity contribution in [2.75, 3.05) is 24.5 Å². The van der Waals surface area contributed by atoms with Crippen LogP contribution in [-0.4, -0.2) is 35.5 Å². The van der Waals surface area contributed by atoms with E-state index >= 15 is 0 Å². The molecule has 2 heterocycles. The first-order chi connectivity index (χ1) is 10.6. The maximum absolute atomic E-state index is 10.6. The smallest absolute Gasteiger partial charge is 0.404 e. The predicted octanol–water partition coefficient (Wildman–Crippen LogP) is 2.90. The fraction of sp³-hybridized carbons (Fsp3) is 0.375. The molecule has 1 unspecified atom stereocenters. The highest BCUT2D eigenvalue weighted by Crippen LogP contribution is 2.22. The van der Waals surface area contributed by atoms with E-state index in [1.165, 1.54) is 11.8 Å².